The molecule has 11 nitrogen and oxygen atoms in total. The molecule has 4 heterocycles. The maximum atomic E-state index is 11.7. The zero-order valence-corrected chi connectivity index (χ0v) is 24.8. The molecule has 1 aromatic heterocycles. The van der Waals surface area contributed by atoms with E-state index in [1.54, 1.807) is 31.4 Å². The minimum Gasteiger partial charge on any atom is -0.494 e. The number of hydrogen-bond acceptors (Lipinski definition) is 10. The van der Waals surface area contributed by atoms with Crippen LogP contribution in [0.1, 0.15) is 24.1 Å². The number of nitrogens with zero attached hydrogens (tertiary/aromatic N) is 5. The van der Waals surface area contributed by atoms with E-state index in [1.165, 1.54) is 32.0 Å². The first-order chi connectivity index (χ1) is 21.0. The molecule has 1 amide bonds. The molecule has 3 aliphatic heterocycles. The third kappa shape index (κ3) is 6.74. The van der Waals surface area contributed by atoms with Gasteiger partial charge in [0.25, 0.3) is 0 Å². The monoisotopic (exact) mass is 585 g/mol. The molecule has 0 spiro atoms. The second-order valence-corrected chi connectivity index (χ2v) is 11.2. The number of methoxy groups -OCH3 is 1. The van der Waals surface area contributed by atoms with Crippen molar-refractivity contribution in [2.45, 2.75) is 32.1 Å². The quantitative estimate of drug-likeness (QED) is 0.352. The van der Waals surface area contributed by atoms with Crippen molar-refractivity contribution in [3.05, 3.63) is 66.4 Å². The van der Waals surface area contributed by atoms with Crippen LogP contribution in [0.4, 0.5) is 23.0 Å². The van der Waals surface area contributed by atoms with Gasteiger partial charge in [0, 0.05) is 68.8 Å². The van der Waals surface area contributed by atoms with Crippen LogP contribution in [0.2, 0.25) is 0 Å². The van der Waals surface area contributed by atoms with Crippen LogP contribution in [0.5, 0.6) is 17.4 Å². The zero-order chi connectivity index (χ0) is 29.8. The first kappa shape index (κ1) is 28.9. The highest BCUT2D eigenvalue weighted by Gasteiger charge is 2.27. The van der Waals surface area contributed by atoms with E-state index < -0.39 is 0 Å². The fraction of sp³-hybridized carbons (Fsp3) is 0.406. The Morgan fingerprint density at radius 1 is 1.05 bits per heavy atom. The van der Waals surface area contributed by atoms with Gasteiger partial charge < -0.3 is 34.6 Å². The maximum absolute atomic E-state index is 11.7. The maximum Gasteiger partial charge on any atom is 0.247 e. The summed E-state index contributed by atoms with van der Waals surface area (Å²) in [5.74, 6) is 1.73. The Balaban J connectivity index is 1.15. The Kier molecular flexibility index (Phi) is 8.73. The molecular weight excluding hydrogens is 546 g/mol. The number of nitrogens with one attached hydrogen (secondary N) is 2. The molecule has 0 radical (unpaired) electrons. The van der Waals surface area contributed by atoms with Crippen LogP contribution in [-0.2, 0) is 22.7 Å². The highest BCUT2D eigenvalue weighted by molar-refractivity contribution is 5.98. The smallest absolute Gasteiger partial charge is 0.247 e. The fourth-order valence-electron chi connectivity index (χ4n) is 5.88. The van der Waals surface area contributed by atoms with E-state index >= 15 is 0 Å². The number of carbonyl (C=O) groups excluding carboxylic acids is 1. The first-order valence-electron chi connectivity index (χ1n) is 14.8. The van der Waals surface area contributed by atoms with Crippen molar-refractivity contribution in [3.63, 3.8) is 0 Å². The number of carbonyl (C=O) groups is 1. The summed E-state index contributed by atoms with van der Waals surface area (Å²) in [4.78, 5) is 28.6. The standard InChI is InChI=1S/C32H39N7O4/c1-4-30(40)33-22-6-5-7-25(18-22)43-31-26-20-42-21-28(26)35-32(36-31)34-27-9-8-24(19-29(27)41-3)38-12-10-23(11-13-38)39-16-14-37(2)15-17-39/h4-9,18-19,23H,1,10-17,20-21H2,2-3H3,(H,33,40)(H,34,35,36). The molecule has 2 aromatic carbocycles. The lowest BCUT2D eigenvalue weighted by molar-refractivity contribution is -0.111. The third-order valence-electron chi connectivity index (χ3n) is 8.36. The lowest BCUT2D eigenvalue weighted by atomic mass is 10.0. The summed E-state index contributed by atoms with van der Waals surface area (Å²) in [5.41, 5.74) is 4.07. The minimum atomic E-state index is -0.296. The number of ether oxygens (including phenoxy) is 3. The predicted octanol–water partition coefficient (Wildman–Crippen LogP) is 4.39. The van der Waals surface area contributed by atoms with Gasteiger partial charge in [0.2, 0.25) is 17.7 Å². The van der Waals surface area contributed by atoms with Gasteiger partial charge in [-0.2, -0.15) is 4.98 Å². The molecule has 0 unspecified atom stereocenters. The van der Waals surface area contributed by atoms with E-state index in [1.807, 2.05) is 6.07 Å². The SMILES string of the molecule is C=CC(=O)Nc1cccc(Oc2nc(Nc3ccc(N4CCC(N5CCN(C)CC5)CC4)cc3OC)nc3c2COC3)c1. The van der Waals surface area contributed by atoms with Crippen LogP contribution in [-0.4, -0.2) is 85.1 Å². The highest BCUT2D eigenvalue weighted by Crippen LogP contribution is 2.36. The molecule has 2 saturated heterocycles. The summed E-state index contributed by atoms with van der Waals surface area (Å²) < 4.78 is 17.6. The van der Waals surface area contributed by atoms with Gasteiger partial charge in [-0.1, -0.05) is 12.6 Å². The first-order valence-corrected chi connectivity index (χ1v) is 14.8. The third-order valence-corrected chi connectivity index (χ3v) is 8.36. The average molecular weight is 586 g/mol. The molecular formula is C32H39N7O4. The van der Waals surface area contributed by atoms with Crippen LogP contribution in [0.25, 0.3) is 0 Å². The Morgan fingerprint density at radius 3 is 2.63 bits per heavy atom. The van der Waals surface area contributed by atoms with Crippen molar-refractivity contribution in [2.24, 2.45) is 0 Å². The summed E-state index contributed by atoms with van der Waals surface area (Å²) in [6.07, 6.45) is 3.56. The Labute approximate surface area is 252 Å². The van der Waals surface area contributed by atoms with Crippen LogP contribution in [0, 0.1) is 0 Å². The molecule has 2 N–H and O–H groups in total. The second-order valence-electron chi connectivity index (χ2n) is 11.2. The van der Waals surface area contributed by atoms with E-state index in [0.717, 1.165) is 48.8 Å². The van der Waals surface area contributed by atoms with E-state index in [9.17, 15) is 4.79 Å². The van der Waals surface area contributed by atoms with Crippen LogP contribution in [0.15, 0.2) is 55.1 Å². The number of benzene rings is 2. The van der Waals surface area contributed by atoms with Crippen LogP contribution < -0.4 is 25.0 Å². The highest BCUT2D eigenvalue weighted by atomic mass is 16.5. The van der Waals surface area contributed by atoms with E-state index in [4.69, 9.17) is 19.2 Å². The second kappa shape index (κ2) is 13.0. The van der Waals surface area contributed by atoms with E-state index in [2.05, 4.69) is 56.1 Å². The molecule has 6 rings (SSSR count). The number of aromatic nitrogens is 2. The molecule has 0 aliphatic carbocycles. The van der Waals surface area contributed by atoms with Gasteiger partial charge in [-0.25, -0.2) is 4.98 Å². The number of rotatable bonds is 9. The van der Waals surface area contributed by atoms with Gasteiger partial charge in [0.1, 0.15) is 11.5 Å². The molecule has 0 saturated carbocycles. The van der Waals surface area contributed by atoms with Crippen molar-refractivity contribution >= 4 is 28.9 Å². The topological polar surface area (TPSA) is 104 Å². The van der Waals surface area contributed by atoms with Crippen molar-refractivity contribution < 1.29 is 19.0 Å². The van der Waals surface area contributed by atoms with E-state index in [-0.39, 0.29) is 5.91 Å². The van der Waals surface area contributed by atoms with E-state index in [0.29, 0.717) is 48.3 Å². The Bertz CT molecular complexity index is 1470. The Hall–Kier alpha value is -4.19. The lowest BCUT2D eigenvalue weighted by Crippen LogP contribution is -2.52. The molecule has 11 heteroatoms. The summed E-state index contributed by atoms with van der Waals surface area (Å²) in [7, 11) is 3.88. The van der Waals surface area contributed by atoms with Crippen molar-refractivity contribution in [1.29, 1.82) is 0 Å². The molecule has 2 fully saturated rings. The van der Waals surface area contributed by atoms with Crippen molar-refractivity contribution in [1.82, 2.24) is 19.8 Å². The summed E-state index contributed by atoms with van der Waals surface area (Å²) in [6.45, 7) is 10.9. The predicted molar refractivity (Wildman–Crippen MR) is 166 cm³/mol. The van der Waals surface area contributed by atoms with Gasteiger partial charge in [-0.3, -0.25) is 9.69 Å². The number of fused-ring (bicyclic) bond motifs is 1. The van der Waals surface area contributed by atoms with Crippen molar-refractivity contribution in [2.75, 3.05) is 69.0 Å². The molecule has 226 valence electrons. The number of hydrogen-bond donors (Lipinski definition) is 2. The van der Waals surface area contributed by atoms with Gasteiger partial charge in [0.05, 0.1) is 37.3 Å². The Morgan fingerprint density at radius 2 is 1.86 bits per heavy atom. The molecule has 3 aliphatic rings. The fourth-order valence-corrected chi connectivity index (χ4v) is 5.88. The summed E-state index contributed by atoms with van der Waals surface area (Å²) in [6, 6.07) is 14.0. The normalized spacial score (nSPS) is 17.8. The zero-order valence-electron chi connectivity index (χ0n) is 24.8. The molecule has 3 aromatic rings. The van der Waals surface area contributed by atoms with Gasteiger partial charge in [0.15, 0.2) is 0 Å². The number of anilines is 4. The number of piperidine rings is 1. The van der Waals surface area contributed by atoms with Gasteiger partial charge in [-0.15, -0.1) is 0 Å². The summed E-state index contributed by atoms with van der Waals surface area (Å²) >= 11 is 0. The molecule has 43 heavy (non-hydrogen) atoms. The molecule has 0 atom stereocenters. The van der Waals surface area contributed by atoms with Gasteiger partial charge in [-0.05, 0) is 50.2 Å². The molecule has 0 bridgehead atoms. The lowest BCUT2D eigenvalue weighted by Gasteiger charge is -2.42. The largest absolute Gasteiger partial charge is 0.494 e. The van der Waals surface area contributed by atoms with Crippen LogP contribution >= 0.6 is 0 Å². The number of piperazine rings is 1. The van der Waals surface area contributed by atoms with Crippen LogP contribution in [0.3, 0.4) is 0 Å². The van der Waals surface area contributed by atoms with Gasteiger partial charge >= 0.3 is 0 Å². The van der Waals surface area contributed by atoms with Crippen molar-refractivity contribution in [3.8, 4) is 17.4 Å². The summed E-state index contributed by atoms with van der Waals surface area (Å²) in [5, 5.41) is 6.07. The number of amides is 1. The minimum absolute atomic E-state index is 0.296. The number of likely N-dealkylation sites (N-methyl/N-ethyl adjacent to an activating group) is 1. The average Bonchev–Trinajstić information content (AvgIpc) is 3.51.